The van der Waals surface area contributed by atoms with Gasteiger partial charge in [0.25, 0.3) is 0 Å². The Morgan fingerprint density at radius 2 is 1.94 bits per heavy atom. The first kappa shape index (κ1) is 12.3. The first-order valence-corrected chi connectivity index (χ1v) is 6.01. The summed E-state index contributed by atoms with van der Waals surface area (Å²) >= 11 is 0. The van der Waals surface area contributed by atoms with E-state index in [1.807, 2.05) is 7.05 Å². The molecule has 1 fully saturated rings. The summed E-state index contributed by atoms with van der Waals surface area (Å²) in [4.78, 5) is 2.09. The lowest BCUT2D eigenvalue weighted by Gasteiger charge is -2.23. The van der Waals surface area contributed by atoms with Crippen LogP contribution in [-0.4, -0.2) is 32.3 Å². The Balaban J connectivity index is 1.89. The van der Waals surface area contributed by atoms with Gasteiger partial charge in [0.05, 0.1) is 12.2 Å². The van der Waals surface area contributed by atoms with Crippen molar-refractivity contribution in [2.75, 3.05) is 25.0 Å². The Morgan fingerprint density at radius 3 is 2.53 bits per heavy atom. The number of likely N-dealkylation sites (N-methyl/N-ethyl adjacent to an activating group) is 1. The van der Waals surface area contributed by atoms with Crippen LogP contribution < -0.4 is 10.6 Å². The molecule has 2 N–H and O–H groups in total. The Kier molecular flexibility index (Phi) is 3.97. The van der Waals surface area contributed by atoms with Crippen molar-refractivity contribution in [1.82, 2.24) is 0 Å². The molecule has 0 aromatic heterocycles. The summed E-state index contributed by atoms with van der Waals surface area (Å²) in [6.45, 7) is 1.42. The standard InChI is InChI=1S/C13H19FN2O/c1-16(11-4-2-10(14)3-5-11)9-13-7-6-12(8-15)17-13/h2-5,12-13H,6-9,15H2,1H3. The van der Waals surface area contributed by atoms with E-state index in [1.54, 1.807) is 12.1 Å². The van der Waals surface area contributed by atoms with Crippen LogP contribution in [0.5, 0.6) is 0 Å². The highest BCUT2D eigenvalue weighted by atomic mass is 19.1. The molecule has 2 atom stereocenters. The van der Waals surface area contributed by atoms with Crippen LogP contribution in [0.3, 0.4) is 0 Å². The number of halogens is 1. The molecule has 1 heterocycles. The van der Waals surface area contributed by atoms with Gasteiger partial charge < -0.3 is 15.4 Å². The molecule has 1 aliphatic rings. The van der Waals surface area contributed by atoms with E-state index in [-0.39, 0.29) is 18.0 Å². The lowest BCUT2D eigenvalue weighted by Crippen LogP contribution is -2.30. The zero-order chi connectivity index (χ0) is 12.3. The van der Waals surface area contributed by atoms with Gasteiger partial charge in [0.15, 0.2) is 0 Å². The summed E-state index contributed by atoms with van der Waals surface area (Å²) in [7, 11) is 1.99. The van der Waals surface area contributed by atoms with E-state index in [0.717, 1.165) is 25.1 Å². The first-order chi connectivity index (χ1) is 8.19. The third-order valence-electron chi connectivity index (χ3n) is 3.20. The minimum absolute atomic E-state index is 0.206. The molecule has 1 aliphatic heterocycles. The van der Waals surface area contributed by atoms with E-state index >= 15 is 0 Å². The normalized spacial score (nSPS) is 23.9. The molecule has 2 rings (SSSR count). The molecule has 17 heavy (non-hydrogen) atoms. The van der Waals surface area contributed by atoms with E-state index in [4.69, 9.17) is 10.5 Å². The second kappa shape index (κ2) is 5.47. The van der Waals surface area contributed by atoms with Crippen molar-refractivity contribution in [3.63, 3.8) is 0 Å². The van der Waals surface area contributed by atoms with Gasteiger partial charge in [-0.1, -0.05) is 0 Å². The lowest BCUT2D eigenvalue weighted by atomic mass is 10.2. The summed E-state index contributed by atoms with van der Waals surface area (Å²) in [5.74, 6) is -0.206. The molecule has 0 spiro atoms. The molecule has 3 nitrogen and oxygen atoms in total. The number of rotatable bonds is 4. The van der Waals surface area contributed by atoms with Crippen LogP contribution in [0.1, 0.15) is 12.8 Å². The van der Waals surface area contributed by atoms with Crippen molar-refractivity contribution in [1.29, 1.82) is 0 Å². The lowest BCUT2D eigenvalue weighted by molar-refractivity contribution is 0.0549. The molecule has 0 bridgehead atoms. The maximum Gasteiger partial charge on any atom is 0.123 e. The fourth-order valence-electron chi connectivity index (χ4n) is 2.19. The van der Waals surface area contributed by atoms with Crippen LogP contribution >= 0.6 is 0 Å². The second-order valence-corrected chi connectivity index (χ2v) is 4.55. The van der Waals surface area contributed by atoms with Gasteiger partial charge in [-0.25, -0.2) is 4.39 Å². The summed E-state index contributed by atoms with van der Waals surface area (Å²) in [6, 6.07) is 6.52. The zero-order valence-corrected chi connectivity index (χ0v) is 10.1. The van der Waals surface area contributed by atoms with Crippen LogP contribution in [0.15, 0.2) is 24.3 Å². The van der Waals surface area contributed by atoms with E-state index in [9.17, 15) is 4.39 Å². The van der Waals surface area contributed by atoms with Gasteiger partial charge in [-0.3, -0.25) is 0 Å². The Morgan fingerprint density at radius 1 is 1.29 bits per heavy atom. The minimum atomic E-state index is -0.206. The second-order valence-electron chi connectivity index (χ2n) is 4.55. The van der Waals surface area contributed by atoms with Gasteiger partial charge >= 0.3 is 0 Å². The monoisotopic (exact) mass is 238 g/mol. The topological polar surface area (TPSA) is 38.5 Å². The van der Waals surface area contributed by atoms with Crippen molar-refractivity contribution < 1.29 is 9.13 Å². The molecule has 4 heteroatoms. The Hall–Kier alpha value is -1.13. The summed E-state index contributed by atoms with van der Waals surface area (Å²) in [6.07, 6.45) is 2.53. The van der Waals surface area contributed by atoms with Gasteiger partial charge in [-0.2, -0.15) is 0 Å². The number of nitrogens with two attached hydrogens (primary N) is 1. The molecule has 1 aromatic carbocycles. The van der Waals surface area contributed by atoms with Crippen LogP contribution in [0, 0.1) is 5.82 Å². The smallest absolute Gasteiger partial charge is 0.123 e. The molecule has 94 valence electrons. The van der Waals surface area contributed by atoms with Gasteiger partial charge in [0.1, 0.15) is 5.82 Å². The van der Waals surface area contributed by atoms with Gasteiger partial charge in [-0.15, -0.1) is 0 Å². The number of benzene rings is 1. The predicted molar refractivity (Wildman–Crippen MR) is 66.6 cm³/mol. The average Bonchev–Trinajstić information content (AvgIpc) is 2.77. The van der Waals surface area contributed by atoms with Crippen LogP contribution in [0.25, 0.3) is 0 Å². The van der Waals surface area contributed by atoms with Crippen molar-refractivity contribution in [3.8, 4) is 0 Å². The SMILES string of the molecule is CN(CC1CCC(CN)O1)c1ccc(F)cc1. The summed E-state index contributed by atoms with van der Waals surface area (Å²) in [5.41, 5.74) is 6.58. The number of nitrogens with zero attached hydrogens (tertiary/aromatic N) is 1. The van der Waals surface area contributed by atoms with Crippen LogP contribution in [-0.2, 0) is 4.74 Å². The predicted octanol–water partition coefficient (Wildman–Crippen LogP) is 1.77. The van der Waals surface area contributed by atoms with Crippen molar-refractivity contribution in [3.05, 3.63) is 30.1 Å². The van der Waals surface area contributed by atoms with Crippen molar-refractivity contribution >= 4 is 5.69 Å². The molecule has 0 aliphatic carbocycles. The van der Waals surface area contributed by atoms with Crippen molar-refractivity contribution in [2.24, 2.45) is 5.73 Å². The zero-order valence-electron chi connectivity index (χ0n) is 10.1. The largest absolute Gasteiger partial charge is 0.372 e. The number of hydrogen-bond acceptors (Lipinski definition) is 3. The quantitative estimate of drug-likeness (QED) is 0.868. The Bertz CT molecular complexity index is 355. The maximum atomic E-state index is 12.8. The third kappa shape index (κ3) is 3.17. The average molecular weight is 238 g/mol. The molecule has 0 saturated carbocycles. The highest BCUT2D eigenvalue weighted by Crippen LogP contribution is 2.21. The highest BCUT2D eigenvalue weighted by molar-refractivity contribution is 5.45. The molecule has 0 radical (unpaired) electrons. The summed E-state index contributed by atoms with van der Waals surface area (Å²) < 4.78 is 18.6. The van der Waals surface area contributed by atoms with E-state index in [1.165, 1.54) is 12.1 Å². The third-order valence-corrected chi connectivity index (χ3v) is 3.20. The van der Waals surface area contributed by atoms with Crippen LogP contribution in [0.2, 0.25) is 0 Å². The van der Waals surface area contributed by atoms with Gasteiger partial charge in [0, 0.05) is 25.8 Å². The fraction of sp³-hybridized carbons (Fsp3) is 0.538. The molecule has 2 unspecified atom stereocenters. The van der Waals surface area contributed by atoms with E-state index in [0.29, 0.717) is 6.54 Å². The van der Waals surface area contributed by atoms with E-state index < -0.39 is 0 Å². The number of hydrogen-bond donors (Lipinski definition) is 1. The molecule has 0 amide bonds. The van der Waals surface area contributed by atoms with Gasteiger partial charge in [-0.05, 0) is 37.1 Å². The minimum Gasteiger partial charge on any atom is -0.372 e. The van der Waals surface area contributed by atoms with E-state index in [2.05, 4.69) is 4.90 Å². The van der Waals surface area contributed by atoms with Crippen molar-refractivity contribution in [2.45, 2.75) is 25.0 Å². The number of anilines is 1. The highest BCUT2D eigenvalue weighted by Gasteiger charge is 2.25. The molecular weight excluding hydrogens is 219 g/mol. The fourth-order valence-corrected chi connectivity index (χ4v) is 2.19. The van der Waals surface area contributed by atoms with Gasteiger partial charge in [0.2, 0.25) is 0 Å². The molecular formula is C13H19FN2O. The first-order valence-electron chi connectivity index (χ1n) is 6.01. The maximum absolute atomic E-state index is 12.8. The summed E-state index contributed by atoms with van der Waals surface area (Å²) in [5, 5.41) is 0. The Labute approximate surface area is 101 Å². The number of ether oxygens (including phenoxy) is 1. The van der Waals surface area contributed by atoms with Crippen LogP contribution in [0.4, 0.5) is 10.1 Å². The molecule has 1 aromatic rings. The molecule has 1 saturated heterocycles.